The van der Waals surface area contributed by atoms with Gasteiger partial charge in [0.1, 0.15) is 11.5 Å². The highest BCUT2D eigenvalue weighted by Crippen LogP contribution is 2.24. The predicted octanol–water partition coefficient (Wildman–Crippen LogP) is 5.33. The molecule has 0 radical (unpaired) electrons. The molecule has 29 heavy (non-hydrogen) atoms. The maximum atomic E-state index is 11.2. The van der Waals surface area contributed by atoms with Gasteiger partial charge in [0.2, 0.25) is 5.89 Å². The number of aryl methyl sites for hydroxylation is 1. The van der Waals surface area contributed by atoms with E-state index in [1.54, 1.807) is 0 Å². The average Bonchev–Trinajstić information content (AvgIpc) is 3.09. The third-order valence-corrected chi connectivity index (χ3v) is 5.44. The molecule has 0 bridgehead atoms. The molecule has 0 aliphatic carbocycles. The van der Waals surface area contributed by atoms with E-state index in [-0.39, 0.29) is 5.97 Å². The minimum atomic E-state index is -0.219. The molecule has 5 nitrogen and oxygen atoms in total. The number of halogens is 1. The SMILES string of the molecule is COC(=O)CSCc1cccc(OCCc2nc(-c3ccc(Cl)cc3)oc2C)c1. The number of thioether (sulfide) groups is 1. The smallest absolute Gasteiger partial charge is 0.315 e. The number of hydrogen-bond donors (Lipinski definition) is 0. The van der Waals surface area contributed by atoms with Crippen molar-refractivity contribution >= 4 is 29.3 Å². The molecule has 0 fully saturated rings. The lowest BCUT2D eigenvalue weighted by molar-refractivity contribution is -0.137. The van der Waals surface area contributed by atoms with E-state index < -0.39 is 0 Å². The molecule has 1 heterocycles. The Morgan fingerprint density at radius 3 is 2.76 bits per heavy atom. The molecule has 3 rings (SSSR count). The van der Waals surface area contributed by atoms with Gasteiger partial charge < -0.3 is 13.9 Å². The normalized spacial score (nSPS) is 10.7. The number of oxazole rings is 1. The quantitative estimate of drug-likeness (QED) is 0.426. The summed E-state index contributed by atoms with van der Waals surface area (Å²) in [6.07, 6.45) is 0.643. The Labute approximate surface area is 179 Å². The Bertz CT molecular complexity index is 956. The van der Waals surface area contributed by atoms with Crippen LogP contribution >= 0.6 is 23.4 Å². The van der Waals surface area contributed by atoms with Crippen molar-refractivity contribution in [2.24, 2.45) is 0 Å². The summed E-state index contributed by atoms with van der Waals surface area (Å²) in [6.45, 7) is 2.40. The molecular formula is C22H22ClNO4S. The molecule has 0 atom stereocenters. The van der Waals surface area contributed by atoms with Crippen LogP contribution in [0.2, 0.25) is 5.02 Å². The molecule has 0 spiro atoms. The zero-order chi connectivity index (χ0) is 20.6. The van der Waals surface area contributed by atoms with Gasteiger partial charge in [0, 0.05) is 22.8 Å². The van der Waals surface area contributed by atoms with Gasteiger partial charge >= 0.3 is 5.97 Å². The fraction of sp³-hybridized carbons (Fsp3) is 0.273. The number of nitrogens with zero attached hydrogens (tertiary/aromatic N) is 1. The monoisotopic (exact) mass is 431 g/mol. The van der Waals surface area contributed by atoms with Crippen LogP contribution in [0.5, 0.6) is 5.75 Å². The van der Waals surface area contributed by atoms with Gasteiger partial charge in [-0.25, -0.2) is 4.98 Å². The predicted molar refractivity (Wildman–Crippen MR) is 116 cm³/mol. The van der Waals surface area contributed by atoms with E-state index in [2.05, 4.69) is 9.72 Å². The van der Waals surface area contributed by atoms with E-state index in [1.807, 2.05) is 55.5 Å². The molecule has 2 aromatic carbocycles. The minimum absolute atomic E-state index is 0.219. The number of hydrogen-bond acceptors (Lipinski definition) is 6. The van der Waals surface area contributed by atoms with Gasteiger partial charge in [-0.3, -0.25) is 4.79 Å². The summed E-state index contributed by atoms with van der Waals surface area (Å²) in [6, 6.07) is 15.3. The van der Waals surface area contributed by atoms with Gasteiger partial charge in [-0.1, -0.05) is 23.7 Å². The average molecular weight is 432 g/mol. The van der Waals surface area contributed by atoms with Crippen LogP contribution in [0, 0.1) is 6.92 Å². The number of carbonyl (C=O) groups is 1. The number of aromatic nitrogens is 1. The van der Waals surface area contributed by atoms with Crippen molar-refractivity contribution in [1.82, 2.24) is 4.98 Å². The lowest BCUT2D eigenvalue weighted by Gasteiger charge is -2.07. The first-order valence-corrected chi connectivity index (χ1v) is 10.7. The van der Waals surface area contributed by atoms with Crippen LogP contribution in [0.15, 0.2) is 52.9 Å². The van der Waals surface area contributed by atoms with Gasteiger partial charge in [0.15, 0.2) is 0 Å². The molecule has 0 saturated heterocycles. The molecule has 0 aliphatic heterocycles. The molecule has 152 valence electrons. The van der Waals surface area contributed by atoms with Crippen LogP contribution in [0.25, 0.3) is 11.5 Å². The van der Waals surface area contributed by atoms with E-state index in [1.165, 1.54) is 18.9 Å². The standard InChI is InChI=1S/C22H22ClNO4S/c1-15-20(24-22(28-15)17-6-8-18(23)9-7-17)10-11-27-19-5-3-4-16(12-19)13-29-14-21(25)26-2/h3-9,12H,10-11,13-14H2,1-2H3. The van der Waals surface area contributed by atoms with Crippen molar-refractivity contribution in [3.8, 4) is 17.2 Å². The summed E-state index contributed by atoms with van der Waals surface area (Å²) >= 11 is 7.44. The molecule has 1 aromatic heterocycles. The van der Waals surface area contributed by atoms with Gasteiger partial charge in [0.25, 0.3) is 0 Å². The zero-order valence-electron chi connectivity index (χ0n) is 16.3. The summed E-state index contributed by atoms with van der Waals surface area (Å²) in [5.41, 5.74) is 2.86. The Hall–Kier alpha value is -2.44. The van der Waals surface area contributed by atoms with E-state index in [4.69, 9.17) is 20.8 Å². The second-order valence-corrected chi connectivity index (χ2v) is 7.77. The Morgan fingerprint density at radius 1 is 1.21 bits per heavy atom. The van der Waals surface area contributed by atoms with Crippen molar-refractivity contribution < 1.29 is 18.7 Å². The van der Waals surface area contributed by atoms with Crippen LogP contribution in [-0.2, 0) is 21.7 Å². The van der Waals surface area contributed by atoms with Crippen LogP contribution < -0.4 is 4.74 Å². The number of ether oxygens (including phenoxy) is 2. The molecule has 7 heteroatoms. The molecule has 0 saturated carbocycles. The van der Waals surface area contributed by atoms with Crippen LogP contribution in [0.3, 0.4) is 0 Å². The molecule has 0 N–H and O–H groups in total. The highest BCUT2D eigenvalue weighted by Gasteiger charge is 2.11. The number of carbonyl (C=O) groups excluding carboxylic acids is 1. The van der Waals surface area contributed by atoms with Crippen LogP contribution in [-0.4, -0.2) is 30.4 Å². The minimum Gasteiger partial charge on any atom is -0.493 e. The molecule has 0 aliphatic rings. The largest absolute Gasteiger partial charge is 0.493 e. The number of esters is 1. The highest BCUT2D eigenvalue weighted by atomic mass is 35.5. The maximum absolute atomic E-state index is 11.2. The molecule has 0 amide bonds. The van der Waals surface area contributed by atoms with E-state index >= 15 is 0 Å². The second-order valence-electron chi connectivity index (χ2n) is 6.34. The molecule has 0 unspecified atom stereocenters. The van der Waals surface area contributed by atoms with Crippen molar-refractivity contribution in [1.29, 1.82) is 0 Å². The molecule has 3 aromatic rings. The third kappa shape index (κ3) is 6.27. The van der Waals surface area contributed by atoms with Crippen LogP contribution in [0.4, 0.5) is 0 Å². The summed E-state index contributed by atoms with van der Waals surface area (Å²) in [4.78, 5) is 15.8. The van der Waals surface area contributed by atoms with E-state index in [0.29, 0.717) is 29.7 Å². The zero-order valence-corrected chi connectivity index (χ0v) is 17.9. The van der Waals surface area contributed by atoms with Crippen molar-refractivity contribution in [3.05, 3.63) is 70.6 Å². The van der Waals surface area contributed by atoms with Gasteiger partial charge in [0.05, 0.1) is 25.2 Å². The van der Waals surface area contributed by atoms with Crippen molar-refractivity contribution in [2.45, 2.75) is 19.1 Å². The molecular weight excluding hydrogens is 410 g/mol. The fourth-order valence-corrected chi connectivity index (χ4v) is 3.61. The number of methoxy groups -OCH3 is 1. The van der Waals surface area contributed by atoms with Gasteiger partial charge in [-0.05, 0) is 48.9 Å². The van der Waals surface area contributed by atoms with Crippen molar-refractivity contribution in [2.75, 3.05) is 19.5 Å². The first-order valence-electron chi connectivity index (χ1n) is 9.13. The Kier molecular flexibility index (Phi) is 7.61. The first-order chi connectivity index (χ1) is 14.0. The van der Waals surface area contributed by atoms with Crippen LogP contribution in [0.1, 0.15) is 17.0 Å². The summed E-state index contributed by atoms with van der Waals surface area (Å²) in [7, 11) is 1.40. The van der Waals surface area contributed by atoms with E-state index in [9.17, 15) is 4.79 Å². The maximum Gasteiger partial charge on any atom is 0.315 e. The first kappa shape index (κ1) is 21.3. The number of rotatable bonds is 9. The lowest BCUT2D eigenvalue weighted by Crippen LogP contribution is -2.04. The second kappa shape index (κ2) is 10.4. The number of benzene rings is 2. The van der Waals surface area contributed by atoms with Gasteiger partial charge in [-0.15, -0.1) is 11.8 Å². The topological polar surface area (TPSA) is 61.6 Å². The van der Waals surface area contributed by atoms with Gasteiger partial charge in [-0.2, -0.15) is 0 Å². The van der Waals surface area contributed by atoms with Crippen molar-refractivity contribution in [3.63, 3.8) is 0 Å². The Balaban J connectivity index is 1.53. The Morgan fingerprint density at radius 2 is 2.00 bits per heavy atom. The summed E-state index contributed by atoms with van der Waals surface area (Å²) in [5, 5.41) is 0.677. The summed E-state index contributed by atoms with van der Waals surface area (Å²) < 4.78 is 16.3. The third-order valence-electron chi connectivity index (χ3n) is 4.21. The highest BCUT2D eigenvalue weighted by molar-refractivity contribution is 7.99. The lowest BCUT2D eigenvalue weighted by atomic mass is 10.2. The fourth-order valence-electron chi connectivity index (χ4n) is 2.68. The van der Waals surface area contributed by atoms with E-state index in [0.717, 1.165) is 34.1 Å². The summed E-state index contributed by atoms with van der Waals surface area (Å²) in [5.74, 6) is 3.00.